The average molecular weight is 557 g/mol. The van der Waals surface area contributed by atoms with Gasteiger partial charge in [0.2, 0.25) is 11.8 Å². The highest BCUT2D eigenvalue weighted by atomic mass is 35.5. The van der Waals surface area contributed by atoms with Gasteiger partial charge in [-0.25, -0.2) is 0 Å². The number of carbonyl (C=O) groups is 2. The zero-order valence-corrected chi connectivity index (χ0v) is 22.4. The van der Waals surface area contributed by atoms with Crippen LogP contribution in [0.3, 0.4) is 0 Å². The second kappa shape index (κ2) is 11.3. The second-order valence-corrected chi connectivity index (χ2v) is 11.2. The van der Waals surface area contributed by atoms with Gasteiger partial charge < -0.3 is 15.5 Å². The number of amides is 2. The van der Waals surface area contributed by atoms with Crippen LogP contribution in [0.1, 0.15) is 43.2 Å². The molecule has 1 heterocycles. The van der Waals surface area contributed by atoms with Crippen molar-refractivity contribution < 1.29 is 9.59 Å². The Labute approximate surface area is 226 Å². The lowest BCUT2D eigenvalue weighted by Crippen LogP contribution is -2.54. The Morgan fingerprint density at radius 3 is 2.14 bits per heavy atom. The molecule has 1 atom stereocenters. The summed E-state index contributed by atoms with van der Waals surface area (Å²) in [5.41, 5.74) is 6.58. The zero-order valence-electron chi connectivity index (χ0n) is 19.4. The van der Waals surface area contributed by atoms with E-state index in [1.54, 1.807) is 35.2 Å². The normalized spacial score (nSPS) is 18.2. The summed E-state index contributed by atoms with van der Waals surface area (Å²) < 4.78 is 0. The smallest absolute Gasteiger partial charge is 0.240 e. The molecule has 2 aromatic rings. The minimum atomic E-state index is -0.852. The Bertz CT molecular complexity index is 1100. The van der Waals surface area contributed by atoms with E-state index in [1.807, 2.05) is 6.07 Å². The van der Waals surface area contributed by atoms with Crippen LogP contribution >= 0.6 is 46.4 Å². The summed E-state index contributed by atoms with van der Waals surface area (Å²) in [5.74, 6) is -0.700. The summed E-state index contributed by atoms with van der Waals surface area (Å²) in [6.45, 7) is 3.04. The molecule has 2 amide bonds. The van der Waals surface area contributed by atoms with Gasteiger partial charge in [-0.1, -0.05) is 65.0 Å². The van der Waals surface area contributed by atoms with Crippen molar-refractivity contribution in [3.63, 3.8) is 0 Å². The summed E-state index contributed by atoms with van der Waals surface area (Å²) in [7, 11) is 0. The number of rotatable bonds is 9. The van der Waals surface area contributed by atoms with Crippen LogP contribution < -0.4 is 5.73 Å². The summed E-state index contributed by atoms with van der Waals surface area (Å²) in [5, 5.41) is 1.91. The predicted molar refractivity (Wildman–Crippen MR) is 143 cm³/mol. The zero-order chi connectivity index (χ0) is 25.2. The third kappa shape index (κ3) is 6.08. The van der Waals surface area contributed by atoms with E-state index >= 15 is 0 Å². The maximum absolute atomic E-state index is 14.2. The molecule has 2 fully saturated rings. The number of benzene rings is 2. The number of nitrogens with zero attached hydrogens (tertiary/aromatic N) is 2. The highest BCUT2D eigenvalue weighted by Gasteiger charge is 2.55. The van der Waals surface area contributed by atoms with Crippen molar-refractivity contribution in [2.75, 3.05) is 26.2 Å². The monoisotopic (exact) mass is 555 g/mol. The van der Waals surface area contributed by atoms with E-state index in [0.29, 0.717) is 51.6 Å². The standard InChI is InChI=1S/C26H29Cl4N3O2/c27-18-5-4-17(21(29)15-18)14-23(24(31)34)33(13-12-32-10-2-1-3-11-32)25(35)26(8-9-26)20-7-6-19(28)16-22(20)30/h4-7,15-16,23H,1-3,8-14H2,(H2,31,34)/t23-/m0/s1. The highest BCUT2D eigenvalue weighted by Crippen LogP contribution is 2.52. The third-order valence-electron chi connectivity index (χ3n) is 7.11. The maximum Gasteiger partial charge on any atom is 0.240 e. The molecule has 9 heteroatoms. The fourth-order valence-corrected chi connectivity index (χ4v) is 6.04. The quantitative estimate of drug-likeness (QED) is 0.428. The first-order valence-corrected chi connectivity index (χ1v) is 13.4. The topological polar surface area (TPSA) is 66.6 Å². The first-order chi connectivity index (χ1) is 16.7. The van der Waals surface area contributed by atoms with Gasteiger partial charge >= 0.3 is 0 Å². The van der Waals surface area contributed by atoms with Gasteiger partial charge in [-0.05, 0) is 74.2 Å². The van der Waals surface area contributed by atoms with Crippen LogP contribution in [0.5, 0.6) is 0 Å². The van der Waals surface area contributed by atoms with Gasteiger partial charge in [-0.2, -0.15) is 0 Å². The van der Waals surface area contributed by atoms with Crippen molar-refractivity contribution in [3.05, 3.63) is 67.6 Å². The molecule has 1 aliphatic carbocycles. The SMILES string of the molecule is NC(=O)[C@H](Cc1ccc(Cl)cc1Cl)N(CCN1CCCCC1)C(=O)C1(c2ccc(Cl)cc2Cl)CC1. The molecule has 5 nitrogen and oxygen atoms in total. The van der Waals surface area contributed by atoms with E-state index in [4.69, 9.17) is 52.1 Å². The van der Waals surface area contributed by atoms with E-state index in [0.717, 1.165) is 31.5 Å². The van der Waals surface area contributed by atoms with Crippen LogP contribution in [0.25, 0.3) is 0 Å². The number of hydrogen-bond acceptors (Lipinski definition) is 3. The first kappa shape index (κ1) is 26.6. The molecule has 0 aromatic heterocycles. The number of halogens is 4. The molecule has 35 heavy (non-hydrogen) atoms. The fraction of sp³-hybridized carbons (Fsp3) is 0.462. The molecule has 1 saturated heterocycles. The molecule has 188 valence electrons. The number of piperidine rings is 1. The van der Waals surface area contributed by atoms with Gasteiger partial charge in [0.25, 0.3) is 0 Å². The van der Waals surface area contributed by atoms with Gasteiger partial charge in [0, 0.05) is 39.6 Å². The third-order valence-corrected chi connectivity index (χ3v) is 8.24. The molecule has 0 radical (unpaired) electrons. The summed E-state index contributed by atoms with van der Waals surface area (Å²) in [6.07, 6.45) is 5.01. The maximum atomic E-state index is 14.2. The lowest BCUT2D eigenvalue weighted by molar-refractivity contribution is -0.141. The highest BCUT2D eigenvalue weighted by molar-refractivity contribution is 6.35. The lowest BCUT2D eigenvalue weighted by Gasteiger charge is -2.36. The van der Waals surface area contributed by atoms with E-state index in [-0.39, 0.29) is 12.3 Å². The Morgan fingerprint density at radius 2 is 1.57 bits per heavy atom. The molecular weight excluding hydrogens is 528 g/mol. The molecule has 2 N–H and O–H groups in total. The second-order valence-electron chi connectivity index (χ2n) is 9.47. The van der Waals surface area contributed by atoms with Crippen LogP contribution in [0, 0.1) is 0 Å². The van der Waals surface area contributed by atoms with Gasteiger partial charge in [0.15, 0.2) is 0 Å². The minimum absolute atomic E-state index is 0.132. The van der Waals surface area contributed by atoms with Crippen LogP contribution in [-0.2, 0) is 21.4 Å². The molecule has 2 aliphatic rings. The number of nitrogens with two attached hydrogens (primary N) is 1. The van der Waals surface area contributed by atoms with Gasteiger partial charge in [0.05, 0.1) is 5.41 Å². The van der Waals surface area contributed by atoms with Crippen LogP contribution in [0.15, 0.2) is 36.4 Å². The number of likely N-dealkylation sites (tertiary alicyclic amines) is 1. The van der Waals surface area contributed by atoms with Crippen molar-refractivity contribution in [1.82, 2.24) is 9.80 Å². The average Bonchev–Trinajstić information content (AvgIpc) is 3.62. The lowest BCUT2D eigenvalue weighted by atomic mass is 9.92. The van der Waals surface area contributed by atoms with Crippen molar-refractivity contribution >= 4 is 58.2 Å². The molecule has 1 aliphatic heterocycles. The Hall–Kier alpha value is -1.50. The largest absolute Gasteiger partial charge is 0.368 e. The molecule has 0 spiro atoms. The Balaban J connectivity index is 1.65. The van der Waals surface area contributed by atoms with E-state index in [2.05, 4.69) is 4.90 Å². The molecule has 0 unspecified atom stereocenters. The van der Waals surface area contributed by atoms with Gasteiger partial charge in [-0.3, -0.25) is 9.59 Å². The van der Waals surface area contributed by atoms with E-state index < -0.39 is 17.4 Å². The first-order valence-electron chi connectivity index (χ1n) is 11.9. The van der Waals surface area contributed by atoms with Crippen molar-refractivity contribution in [3.8, 4) is 0 Å². The summed E-state index contributed by atoms with van der Waals surface area (Å²) in [6, 6.07) is 9.48. The molecule has 0 bridgehead atoms. The van der Waals surface area contributed by atoms with Crippen LogP contribution in [-0.4, -0.2) is 53.8 Å². The minimum Gasteiger partial charge on any atom is -0.368 e. The summed E-state index contributed by atoms with van der Waals surface area (Å²) in [4.78, 5) is 30.9. The molecule has 2 aromatic carbocycles. The molecule has 4 rings (SSSR count). The number of primary amides is 1. The number of hydrogen-bond donors (Lipinski definition) is 1. The van der Waals surface area contributed by atoms with Crippen LogP contribution in [0.2, 0.25) is 20.1 Å². The van der Waals surface area contributed by atoms with Crippen molar-refractivity contribution in [2.24, 2.45) is 5.73 Å². The summed E-state index contributed by atoms with van der Waals surface area (Å²) >= 11 is 25.1. The van der Waals surface area contributed by atoms with Gasteiger partial charge in [0.1, 0.15) is 6.04 Å². The van der Waals surface area contributed by atoms with Crippen LogP contribution in [0.4, 0.5) is 0 Å². The number of carbonyl (C=O) groups excluding carboxylic acids is 2. The molecular formula is C26H29Cl4N3O2. The fourth-order valence-electron chi connectivity index (χ4n) is 4.97. The van der Waals surface area contributed by atoms with E-state index in [1.165, 1.54) is 6.42 Å². The van der Waals surface area contributed by atoms with E-state index in [9.17, 15) is 9.59 Å². The van der Waals surface area contributed by atoms with Crippen molar-refractivity contribution in [2.45, 2.75) is 50.0 Å². The predicted octanol–water partition coefficient (Wildman–Crippen LogP) is 5.74. The van der Waals surface area contributed by atoms with Gasteiger partial charge in [-0.15, -0.1) is 0 Å². The molecule has 1 saturated carbocycles. The Kier molecular flexibility index (Phi) is 8.55. The Morgan fingerprint density at radius 1 is 0.943 bits per heavy atom. The van der Waals surface area contributed by atoms with Crippen molar-refractivity contribution in [1.29, 1.82) is 0 Å².